The average Bonchev–Trinajstić information content (AvgIpc) is 2.58. The van der Waals surface area contributed by atoms with Crippen LogP contribution in [-0.4, -0.2) is 19.8 Å². The van der Waals surface area contributed by atoms with Gasteiger partial charge in [0.05, 0.1) is 19.3 Å². The van der Waals surface area contributed by atoms with E-state index >= 15 is 0 Å². The molecule has 0 spiro atoms. The Bertz CT molecular complexity index is 730. The van der Waals surface area contributed by atoms with Crippen LogP contribution in [0, 0.1) is 13.8 Å². The van der Waals surface area contributed by atoms with Gasteiger partial charge in [0, 0.05) is 6.54 Å². The summed E-state index contributed by atoms with van der Waals surface area (Å²) in [6, 6.07) is 11.3. The molecule has 0 saturated heterocycles. The highest BCUT2D eigenvalue weighted by Crippen LogP contribution is 2.38. The predicted molar refractivity (Wildman–Crippen MR) is 105 cm³/mol. The summed E-state index contributed by atoms with van der Waals surface area (Å²) in [4.78, 5) is 0. The number of ether oxygens (including phenoxy) is 2. The van der Waals surface area contributed by atoms with Crippen LogP contribution in [0.4, 0.5) is 0 Å². The predicted octanol–water partition coefficient (Wildman–Crippen LogP) is 4.76. The molecule has 1 atom stereocenters. The Balaban J connectivity index is 0.00000225. The summed E-state index contributed by atoms with van der Waals surface area (Å²) in [5.41, 5.74) is 6.62. The van der Waals surface area contributed by atoms with Crippen molar-refractivity contribution in [3.8, 4) is 11.5 Å². The van der Waals surface area contributed by atoms with Gasteiger partial charge in [0.1, 0.15) is 0 Å². The quantitative estimate of drug-likeness (QED) is 0.833. The minimum absolute atomic E-state index is 0. The first-order valence-corrected chi connectivity index (χ1v) is 8.87. The van der Waals surface area contributed by atoms with Crippen LogP contribution in [0.5, 0.6) is 11.5 Å². The Hall–Kier alpha value is -1.71. The van der Waals surface area contributed by atoms with Gasteiger partial charge in [-0.2, -0.15) is 0 Å². The normalized spacial score (nSPS) is 15.9. The highest BCUT2D eigenvalue weighted by atomic mass is 35.5. The van der Waals surface area contributed by atoms with Crippen molar-refractivity contribution in [1.82, 2.24) is 5.32 Å². The molecule has 0 radical (unpaired) electrons. The number of nitrogens with one attached hydrogen (secondary N) is 1. The van der Waals surface area contributed by atoms with Gasteiger partial charge < -0.3 is 14.8 Å². The third-order valence-corrected chi connectivity index (χ3v) is 4.72. The van der Waals surface area contributed by atoms with Crippen LogP contribution < -0.4 is 14.8 Å². The van der Waals surface area contributed by atoms with Crippen LogP contribution in [0.1, 0.15) is 47.7 Å². The zero-order valence-electron chi connectivity index (χ0n) is 15.5. The molecular formula is C21H28ClNO2. The summed E-state index contributed by atoms with van der Waals surface area (Å²) in [5.74, 6) is 1.70. The first kappa shape index (κ1) is 19.6. The lowest BCUT2D eigenvalue weighted by Crippen LogP contribution is -2.30. The first-order valence-electron chi connectivity index (χ1n) is 8.87. The molecule has 3 rings (SSSR count). The van der Waals surface area contributed by atoms with Crippen molar-refractivity contribution in [2.24, 2.45) is 0 Å². The maximum atomic E-state index is 5.83. The van der Waals surface area contributed by atoms with Crippen molar-refractivity contribution in [2.45, 2.75) is 40.2 Å². The van der Waals surface area contributed by atoms with Gasteiger partial charge in [0.15, 0.2) is 11.5 Å². The van der Waals surface area contributed by atoms with Crippen molar-refractivity contribution in [2.75, 3.05) is 19.8 Å². The molecule has 0 fully saturated rings. The molecule has 2 aromatic carbocycles. The molecule has 1 aliphatic heterocycles. The molecule has 0 saturated carbocycles. The van der Waals surface area contributed by atoms with E-state index in [0.29, 0.717) is 13.2 Å². The second-order valence-corrected chi connectivity index (χ2v) is 6.34. The van der Waals surface area contributed by atoms with Gasteiger partial charge in [-0.1, -0.05) is 18.2 Å². The molecule has 25 heavy (non-hydrogen) atoms. The molecule has 3 nitrogen and oxygen atoms in total. The fourth-order valence-electron chi connectivity index (χ4n) is 3.34. The highest BCUT2D eigenvalue weighted by Gasteiger charge is 2.24. The Kier molecular flexibility index (Phi) is 6.74. The molecule has 2 aromatic rings. The lowest BCUT2D eigenvalue weighted by atomic mass is 9.88. The maximum Gasteiger partial charge on any atom is 0.161 e. The molecule has 4 heteroatoms. The van der Waals surface area contributed by atoms with E-state index in [-0.39, 0.29) is 18.4 Å². The van der Waals surface area contributed by atoms with E-state index in [0.717, 1.165) is 24.5 Å². The van der Waals surface area contributed by atoms with E-state index in [1.807, 2.05) is 13.8 Å². The van der Waals surface area contributed by atoms with E-state index in [1.165, 1.54) is 27.8 Å². The molecule has 0 bridgehead atoms. The lowest BCUT2D eigenvalue weighted by Gasteiger charge is -2.29. The van der Waals surface area contributed by atoms with Gasteiger partial charge in [0.2, 0.25) is 0 Å². The molecule has 1 heterocycles. The number of rotatable bonds is 5. The van der Waals surface area contributed by atoms with E-state index in [2.05, 4.69) is 49.5 Å². The van der Waals surface area contributed by atoms with Gasteiger partial charge in [-0.05, 0) is 74.1 Å². The minimum Gasteiger partial charge on any atom is -0.490 e. The first-order chi connectivity index (χ1) is 11.6. The Morgan fingerprint density at radius 2 is 1.64 bits per heavy atom. The minimum atomic E-state index is 0. The molecule has 0 aliphatic carbocycles. The molecular weight excluding hydrogens is 334 g/mol. The van der Waals surface area contributed by atoms with Gasteiger partial charge in [0.25, 0.3) is 0 Å². The van der Waals surface area contributed by atoms with E-state index in [4.69, 9.17) is 9.47 Å². The second kappa shape index (κ2) is 8.59. The molecule has 136 valence electrons. The number of hydrogen-bond donors (Lipinski definition) is 1. The fourth-order valence-corrected chi connectivity index (χ4v) is 3.34. The van der Waals surface area contributed by atoms with Gasteiger partial charge in [-0.25, -0.2) is 0 Å². The third kappa shape index (κ3) is 4.10. The Morgan fingerprint density at radius 3 is 2.28 bits per heavy atom. The van der Waals surface area contributed by atoms with Crippen molar-refractivity contribution in [3.05, 3.63) is 58.1 Å². The maximum absolute atomic E-state index is 5.83. The van der Waals surface area contributed by atoms with Crippen molar-refractivity contribution >= 4 is 12.4 Å². The number of hydrogen-bond acceptors (Lipinski definition) is 3. The van der Waals surface area contributed by atoms with Crippen molar-refractivity contribution < 1.29 is 9.47 Å². The highest BCUT2D eigenvalue weighted by molar-refractivity contribution is 5.85. The van der Waals surface area contributed by atoms with Crippen molar-refractivity contribution in [3.63, 3.8) is 0 Å². The van der Waals surface area contributed by atoms with Crippen LogP contribution in [-0.2, 0) is 6.42 Å². The van der Waals surface area contributed by atoms with Crippen LogP contribution in [0.2, 0.25) is 0 Å². The van der Waals surface area contributed by atoms with E-state index in [1.54, 1.807) is 0 Å². The van der Waals surface area contributed by atoms with E-state index < -0.39 is 0 Å². The zero-order valence-corrected chi connectivity index (χ0v) is 16.3. The summed E-state index contributed by atoms with van der Waals surface area (Å²) in [7, 11) is 0. The summed E-state index contributed by atoms with van der Waals surface area (Å²) in [5, 5.41) is 3.66. The smallest absolute Gasteiger partial charge is 0.161 e. The molecule has 0 aromatic heterocycles. The van der Waals surface area contributed by atoms with Gasteiger partial charge >= 0.3 is 0 Å². The summed E-state index contributed by atoms with van der Waals surface area (Å²) >= 11 is 0. The molecule has 1 unspecified atom stereocenters. The Morgan fingerprint density at radius 1 is 0.960 bits per heavy atom. The molecule has 1 N–H and O–H groups in total. The number of halogens is 1. The van der Waals surface area contributed by atoms with Gasteiger partial charge in [-0.3, -0.25) is 0 Å². The SMILES string of the molecule is CCOc1cc2c(cc1OCC)C(c1ccc(C)c(C)c1)NCC2.Cl. The summed E-state index contributed by atoms with van der Waals surface area (Å²) in [6.45, 7) is 10.6. The standard InChI is InChI=1S/C21H27NO2.ClH/c1-5-23-19-12-16-9-10-22-21(18(16)13-20(19)24-6-2)17-8-7-14(3)15(4)11-17;/h7-8,11-13,21-22H,5-6,9-10H2,1-4H3;1H. The summed E-state index contributed by atoms with van der Waals surface area (Å²) < 4.78 is 11.6. The monoisotopic (exact) mass is 361 g/mol. The van der Waals surface area contributed by atoms with Crippen LogP contribution >= 0.6 is 12.4 Å². The third-order valence-electron chi connectivity index (χ3n) is 4.72. The van der Waals surface area contributed by atoms with E-state index in [9.17, 15) is 0 Å². The fraction of sp³-hybridized carbons (Fsp3) is 0.429. The van der Waals surface area contributed by atoms with Crippen LogP contribution in [0.15, 0.2) is 30.3 Å². The Labute approximate surface area is 157 Å². The largest absolute Gasteiger partial charge is 0.490 e. The number of aryl methyl sites for hydroxylation is 2. The van der Waals surface area contributed by atoms with Gasteiger partial charge in [-0.15, -0.1) is 12.4 Å². The molecule has 1 aliphatic rings. The van der Waals surface area contributed by atoms with Crippen LogP contribution in [0.3, 0.4) is 0 Å². The second-order valence-electron chi connectivity index (χ2n) is 6.34. The summed E-state index contributed by atoms with van der Waals surface area (Å²) in [6.07, 6.45) is 1.02. The zero-order chi connectivity index (χ0) is 17.1. The number of fused-ring (bicyclic) bond motifs is 1. The molecule has 0 amide bonds. The van der Waals surface area contributed by atoms with Crippen LogP contribution in [0.25, 0.3) is 0 Å². The average molecular weight is 362 g/mol. The number of benzene rings is 2. The van der Waals surface area contributed by atoms with Crippen molar-refractivity contribution in [1.29, 1.82) is 0 Å². The topological polar surface area (TPSA) is 30.5 Å². The lowest BCUT2D eigenvalue weighted by molar-refractivity contribution is 0.286.